The van der Waals surface area contributed by atoms with Gasteiger partial charge in [0, 0.05) is 56.0 Å². The van der Waals surface area contributed by atoms with Crippen molar-refractivity contribution in [3.8, 4) is 5.75 Å². The number of aryl methyl sites for hydroxylation is 1. The highest BCUT2D eigenvalue weighted by atomic mass is 35.5. The first-order chi connectivity index (χ1) is 12.2. The second-order valence-corrected chi connectivity index (χ2v) is 8.07. The number of nitrogens with two attached hydrogens (primary N) is 1. The molecule has 8 heteroatoms. The standard InChI is InChI=1S/C20H32N4O.3ClH/c1-15-14-22-20(18-7-13-25-19(15)18)24-11-9-23(10-12-24)8-6-16-2-4-17(21)5-3-16;;;/h14,16-17H,2-13,21H2,1H3;3*1H/t16-,17-;;;. The van der Waals surface area contributed by atoms with Gasteiger partial charge in [0.15, 0.2) is 0 Å². The number of piperazine rings is 1. The fraction of sp³-hybridized carbons (Fsp3) is 0.750. The number of hydrogen-bond acceptors (Lipinski definition) is 5. The van der Waals surface area contributed by atoms with Gasteiger partial charge in [-0.2, -0.15) is 0 Å². The predicted molar refractivity (Wildman–Crippen MR) is 123 cm³/mol. The monoisotopic (exact) mass is 452 g/mol. The molecule has 4 rings (SSSR count). The molecule has 2 aliphatic heterocycles. The number of ether oxygens (including phenoxy) is 1. The van der Waals surface area contributed by atoms with Crippen LogP contribution in [-0.2, 0) is 6.42 Å². The molecule has 0 aromatic carbocycles. The minimum atomic E-state index is 0. The molecule has 1 saturated heterocycles. The molecule has 0 radical (unpaired) electrons. The van der Waals surface area contributed by atoms with E-state index in [0.29, 0.717) is 6.04 Å². The molecule has 3 aliphatic rings. The summed E-state index contributed by atoms with van der Waals surface area (Å²) in [5.74, 6) is 3.15. The molecule has 0 unspecified atom stereocenters. The van der Waals surface area contributed by atoms with Crippen molar-refractivity contribution in [3.05, 3.63) is 17.3 Å². The van der Waals surface area contributed by atoms with Crippen LogP contribution < -0.4 is 15.4 Å². The highest BCUT2D eigenvalue weighted by molar-refractivity contribution is 5.86. The lowest BCUT2D eigenvalue weighted by molar-refractivity contribution is 0.216. The summed E-state index contributed by atoms with van der Waals surface area (Å²) in [6.07, 6.45) is 9.44. The third-order valence-corrected chi connectivity index (χ3v) is 6.30. The molecule has 0 atom stereocenters. The number of anilines is 1. The van der Waals surface area contributed by atoms with Crippen LogP contribution in [-0.4, -0.2) is 55.3 Å². The van der Waals surface area contributed by atoms with Crippen LogP contribution in [0.1, 0.15) is 43.2 Å². The third-order valence-electron chi connectivity index (χ3n) is 6.30. The average Bonchev–Trinajstić information content (AvgIpc) is 3.13. The number of fused-ring (bicyclic) bond motifs is 1. The lowest BCUT2D eigenvalue weighted by atomic mass is 9.84. The van der Waals surface area contributed by atoms with E-state index in [2.05, 4.69) is 16.7 Å². The molecule has 3 heterocycles. The number of rotatable bonds is 4. The van der Waals surface area contributed by atoms with Gasteiger partial charge in [-0.3, -0.25) is 4.90 Å². The van der Waals surface area contributed by atoms with Crippen LogP contribution in [0.5, 0.6) is 5.75 Å². The molecular formula is C20H35Cl3N4O. The molecule has 162 valence electrons. The predicted octanol–water partition coefficient (Wildman–Crippen LogP) is 3.62. The Balaban J connectivity index is 0.00000131. The van der Waals surface area contributed by atoms with Crippen molar-refractivity contribution in [3.63, 3.8) is 0 Å². The van der Waals surface area contributed by atoms with E-state index in [4.69, 9.17) is 15.5 Å². The highest BCUT2D eigenvalue weighted by Crippen LogP contribution is 2.35. The average molecular weight is 454 g/mol. The molecule has 5 nitrogen and oxygen atoms in total. The van der Waals surface area contributed by atoms with Gasteiger partial charge in [0.25, 0.3) is 0 Å². The number of hydrogen-bond donors (Lipinski definition) is 1. The van der Waals surface area contributed by atoms with Gasteiger partial charge in [-0.25, -0.2) is 4.98 Å². The summed E-state index contributed by atoms with van der Waals surface area (Å²) < 4.78 is 5.81. The van der Waals surface area contributed by atoms with Crippen molar-refractivity contribution in [2.75, 3.05) is 44.2 Å². The Bertz CT molecular complexity index is 603. The maximum atomic E-state index is 6.02. The summed E-state index contributed by atoms with van der Waals surface area (Å²) in [5, 5.41) is 0. The first-order valence-corrected chi connectivity index (χ1v) is 10.0. The van der Waals surface area contributed by atoms with E-state index in [9.17, 15) is 0 Å². The minimum absolute atomic E-state index is 0. The van der Waals surface area contributed by atoms with Gasteiger partial charge in [0.1, 0.15) is 11.6 Å². The number of halogens is 3. The normalized spacial score (nSPS) is 24.3. The van der Waals surface area contributed by atoms with Gasteiger partial charge in [0.05, 0.1) is 6.61 Å². The van der Waals surface area contributed by atoms with Crippen molar-refractivity contribution in [2.45, 2.75) is 51.5 Å². The Labute approximate surface area is 188 Å². The Hall–Kier alpha value is -0.460. The van der Waals surface area contributed by atoms with E-state index in [1.54, 1.807) is 0 Å². The molecular weight excluding hydrogens is 419 g/mol. The molecule has 1 aromatic rings. The summed E-state index contributed by atoms with van der Waals surface area (Å²) in [5.41, 5.74) is 8.52. The van der Waals surface area contributed by atoms with E-state index >= 15 is 0 Å². The van der Waals surface area contributed by atoms with Crippen molar-refractivity contribution >= 4 is 43.0 Å². The van der Waals surface area contributed by atoms with Gasteiger partial charge >= 0.3 is 0 Å². The second kappa shape index (κ2) is 11.7. The Morgan fingerprint density at radius 3 is 2.43 bits per heavy atom. The fourth-order valence-corrected chi connectivity index (χ4v) is 4.61. The van der Waals surface area contributed by atoms with Crippen molar-refractivity contribution in [2.24, 2.45) is 11.7 Å². The van der Waals surface area contributed by atoms with Gasteiger partial charge in [-0.15, -0.1) is 37.2 Å². The fourth-order valence-electron chi connectivity index (χ4n) is 4.61. The minimum Gasteiger partial charge on any atom is -0.492 e. The second-order valence-electron chi connectivity index (χ2n) is 8.07. The van der Waals surface area contributed by atoms with Crippen molar-refractivity contribution in [1.82, 2.24) is 9.88 Å². The Morgan fingerprint density at radius 1 is 1.07 bits per heavy atom. The first-order valence-electron chi connectivity index (χ1n) is 10.0. The Morgan fingerprint density at radius 2 is 1.75 bits per heavy atom. The van der Waals surface area contributed by atoms with E-state index < -0.39 is 0 Å². The maximum Gasteiger partial charge on any atom is 0.135 e. The lowest BCUT2D eigenvalue weighted by Crippen LogP contribution is -2.47. The van der Waals surface area contributed by atoms with Crippen LogP contribution >= 0.6 is 37.2 Å². The maximum absolute atomic E-state index is 6.02. The molecule has 0 amide bonds. The lowest BCUT2D eigenvalue weighted by Gasteiger charge is -2.37. The summed E-state index contributed by atoms with van der Waals surface area (Å²) >= 11 is 0. The summed E-state index contributed by atoms with van der Waals surface area (Å²) in [7, 11) is 0. The van der Waals surface area contributed by atoms with Crippen LogP contribution in [0.2, 0.25) is 0 Å². The topological polar surface area (TPSA) is 54.6 Å². The van der Waals surface area contributed by atoms with Gasteiger partial charge < -0.3 is 15.4 Å². The largest absolute Gasteiger partial charge is 0.492 e. The van der Waals surface area contributed by atoms with E-state index in [1.807, 2.05) is 6.20 Å². The zero-order chi connectivity index (χ0) is 17.2. The molecule has 1 aliphatic carbocycles. The molecule has 28 heavy (non-hydrogen) atoms. The van der Waals surface area contributed by atoms with E-state index in [1.165, 1.54) is 55.6 Å². The number of aromatic nitrogens is 1. The van der Waals surface area contributed by atoms with Gasteiger partial charge in [-0.05, 0) is 51.5 Å². The third kappa shape index (κ3) is 5.79. The van der Waals surface area contributed by atoms with Crippen LogP contribution in [0.3, 0.4) is 0 Å². The number of nitrogens with zero attached hydrogens (tertiary/aromatic N) is 3. The van der Waals surface area contributed by atoms with Crippen LogP contribution in [0, 0.1) is 12.8 Å². The summed E-state index contributed by atoms with van der Waals surface area (Å²) in [6, 6.07) is 0.465. The highest BCUT2D eigenvalue weighted by Gasteiger charge is 2.26. The van der Waals surface area contributed by atoms with Gasteiger partial charge in [0.2, 0.25) is 0 Å². The number of pyridine rings is 1. The summed E-state index contributed by atoms with van der Waals surface area (Å²) in [6.45, 7) is 8.61. The molecule has 1 saturated carbocycles. The smallest absolute Gasteiger partial charge is 0.135 e. The SMILES string of the molecule is Cc1cnc(N2CCN(CC[C@H]3CC[C@H](N)CC3)CC2)c2c1OCC2.Cl.Cl.Cl. The van der Waals surface area contributed by atoms with Crippen LogP contribution in [0.4, 0.5) is 5.82 Å². The van der Waals surface area contributed by atoms with Crippen molar-refractivity contribution in [1.29, 1.82) is 0 Å². The van der Waals surface area contributed by atoms with E-state index in [-0.39, 0.29) is 37.2 Å². The van der Waals surface area contributed by atoms with Crippen LogP contribution in [0.15, 0.2) is 6.20 Å². The molecule has 2 fully saturated rings. The molecule has 1 aromatic heterocycles. The van der Waals surface area contributed by atoms with Crippen LogP contribution in [0.25, 0.3) is 0 Å². The molecule has 0 spiro atoms. The zero-order valence-electron chi connectivity index (χ0n) is 16.8. The van der Waals surface area contributed by atoms with Crippen molar-refractivity contribution < 1.29 is 4.74 Å². The molecule has 2 N–H and O–H groups in total. The van der Waals surface area contributed by atoms with E-state index in [0.717, 1.165) is 50.9 Å². The first kappa shape index (κ1) is 25.6. The summed E-state index contributed by atoms with van der Waals surface area (Å²) in [4.78, 5) is 9.84. The van der Waals surface area contributed by atoms with Gasteiger partial charge in [-0.1, -0.05) is 0 Å². The Kier molecular flexibility index (Phi) is 10.6. The molecule has 0 bridgehead atoms. The zero-order valence-corrected chi connectivity index (χ0v) is 19.2. The quantitative estimate of drug-likeness (QED) is 0.754.